The molecule has 3 N–H and O–H groups in total. The monoisotopic (exact) mass is 281 g/mol. The summed E-state index contributed by atoms with van der Waals surface area (Å²) in [5.74, 6) is 0.806. The van der Waals surface area contributed by atoms with Crippen molar-refractivity contribution in [3.8, 4) is 17.0 Å². The molecule has 0 radical (unpaired) electrons. The Kier molecular flexibility index (Phi) is 3.47. The molecule has 21 heavy (non-hydrogen) atoms. The molecule has 5 nitrogen and oxygen atoms in total. The minimum Gasteiger partial charge on any atom is -0.497 e. The minimum absolute atomic E-state index is 0.423. The number of nitrogen functional groups attached to an aromatic ring is 1. The van der Waals surface area contributed by atoms with Gasteiger partial charge in [-0.05, 0) is 42.5 Å². The van der Waals surface area contributed by atoms with E-state index in [1.807, 2.05) is 48.5 Å². The molecule has 0 bridgehead atoms. The van der Waals surface area contributed by atoms with Gasteiger partial charge in [0.05, 0.1) is 7.11 Å². The number of benzene rings is 2. The first-order valence-corrected chi connectivity index (χ1v) is 6.47. The Morgan fingerprint density at radius 1 is 1.14 bits per heavy atom. The highest BCUT2D eigenvalue weighted by Gasteiger charge is 2.07. The first-order valence-electron chi connectivity index (χ1n) is 6.47. The standard InChI is InChI=1S/C16H15N3O2/c1-20-14-7-5-11(6-8-14)15-10-21-16(19-15)18-13-4-2-3-12(17)9-13/h2-10H,17H2,1H3,(H,18,19). The maximum Gasteiger partial charge on any atom is 0.299 e. The summed E-state index contributed by atoms with van der Waals surface area (Å²) in [5.41, 5.74) is 8.96. The van der Waals surface area contributed by atoms with Gasteiger partial charge in [-0.15, -0.1) is 0 Å². The molecule has 0 aliphatic rings. The summed E-state index contributed by atoms with van der Waals surface area (Å²) >= 11 is 0. The minimum atomic E-state index is 0.423. The van der Waals surface area contributed by atoms with Gasteiger partial charge < -0.3 is 20.2 Å². The number of anilines is 3. The van der Waals surface area contributed by atoms with Crippen molar-refractivity contribution in [3.63, 3.8) is 0 Å². The van der Waals surface area contributed by atoms with Crippen LogP contribution in [0.2, 0.25) is 0 Å². The smallest absolute Gasteiger partial charge is 0.299 e. The van der Waals surface area contributed by atoms with E-state index in [2.05, 4.69) is 10.3 Å². The zero-order valence-corrected chi connectivity index (χ0v) is 11.5. The molecule has 5 heteroatoms. The first kappa shape index (κ1) is 13.1. The number of ether oxygens (including phenoxy) is 1. The largest absolute Gasteiger partial charge is 0.497 e. The van der Waals surface area contributed by atoms with Crippen LogP contribution in [-0.4, -0.2) is 12.1 Å². The molecular weight excluding hydrogens is 266 g/mol. The van der Waals surface area contributed by atoms with Gasteiger partial charge in [-0.2, -0.15) is 4.98 Å². The number of aromatic nitrogens is 1. The van der Waals surface area contributed by atoms with E-state index < -0.39 is 0 Å². The van der Waals surface area contributed by atoms with Gasteiger partial charge in [-0.1, -0.05) is 6.07 Å². The van der Waals surface area contributed by atoms with E-state index in [0.717, 1.165) is 22.7 Å². The van der Waals surface area contributed by atoms with Gasteiger partial charge in [0.2, 0.25) is 0 Å². The number of nitrogens with two attached hydrogens (primary N) is 1. The third-order valence-electron chi connectivity index (χ3n) is 3.03. The van der Waals surface area contributed by atoms with Gasteiger partial charge in [-0.3, -0.25) is 0 Å². The molecule has 0 saturated carbocycles. The van der Waals surface area contributed by atoms with Gasteiger partial charge >= 0.3 is 0 Å². The summed E-state index contributed by atoms with van der Waals surface area (Å²) in [6.07, 6.45) is 1.61. The van der Waals surface area contributed by atoms with Crippen molar-refractivity contribution in [2.75, 3.05) is 18.2 Å². The molecule has 0 atom stereocenters. The quantitative estimate of drug-likeness (QED) is 0.714. The van der Waals surface area contributed by atoms with Crippen LogP contribution < -0.4 is 15.8 Å². The number of oxazole rings is 1. The fourth-order valence-corrected chi connectivity index (χ4v) is 1.97. The van der Waals surface area contributed by atoms with Crippen molar-refractivity contribution in [2.45, 2.75) is 0 Å². The third-order valence-corrected chi connectivity index (χ3v) is 3.03. The van der Waals surface area contributed by atoms with Crippen LogP contribution in [0, 0.1) is 0 Å². The Bertz CT molecular complexity index is 735. The predicted octanol–water partition coefficient (Wildman–Crippen LogP) is 3.68. The average molecular weight is 281 g/mol. The lowest BCUT2D eigenvalue weighted by Gasteiger charge is -2.02. The lowest BCUT2D eigenvalue weighted by molar-refractivity contribution is 0.415. The highest BCUT2D eigenvalue weighted by atomic mass is 16.5. The number of methoxy groups -OCH3 is 1. The van der Waals surface area contributed by atoms with Crippen molar-refractivity contribution in [2.24, 2.45) is 0 Å². The SMILES string of the molecule is COc1ccc(-c2coc(Nc3cccc(N)c3)n2)cc1. The highest BCUT2D eigenvalue weighted by Crippen LogP contribution is 2.25. The normalized spacial score (nSPS) is 10.3. The van der Waals surface area contributed by atoms with Crippen molar-refractivity contribution in [3.05, 3.63) is 54.8 Å². The second-order valence-corrected chi connectivity index (χ2v) is 4.52. The maximum absolute atomic E-state index is 5.73. The molecule has 0 spiro atoms. The van der Waals surface area contributed by atoms with Crippen molar-refractivity contribution < 1.29 is 9.15 Å². The average Bonchev–Trinajstić information content (AvgIpc) is 2.96. The number of nitrogens with zero attached hydrogens (tertiary/aromatic N) is 1. The topological polar surface area (TPSA) is 73.3 Å². The zero-order valence-electron chi connectivity index (χ0n) is 11.5. The molecule has 0 aliphatic heterocycles. The number of hydrogen-bond donors (Lipinski definition) is 2. The van der Waals surface area contributed by atoms with Crippen LogP contribution in [0.25, 0.3) is 11.3 Å². The summed E-state index contributed by atoms with van der Waals surface area (Å²) in [5, 5.41) is 3.07. The Balaban J connectivity index is 1.79. The highest BCUT2D eigenvalue weighted by molar-refractivity contribution is 5.63. The van der Waals surface area contributed by atoms with Gasteiger partial charge in [0.1, 0.15) is 17.7 Å². The fraction of sp³-hybridized carbons (Fsp3) is 0.0625. The second-order valence-electron chi connectivity index (χ2n) is 4.52. The van der Waals surface area contributed by atoms with E-state index in [9.17, 15) is 0 Å². The van der Waals surface area contributed by atoms with Crippen LogP contribution in [0.4, 0.5) is 17.4 Å². The van der Waals surface area contributed by atoms with Gasteiger partial charge in [0.25, 0.3) is 6.01 Å². The molecule has 0 saturated heterocycles. The Labute approximate surface area is 122 Å². The Hall–Kier alpha value is -2.95. The summed E-state index contributed by atoms with van der Waals surface area (Å²) in [4.78, 5) is 4.40. The summed E-state index contributed by atoms with van der Waals surface area (Å²) < 4.78 is 10.6. The Morgan fingerprint density at radius 3 is 2.67 bits per heavy atom. The van der Waals surface area contributed by atoms with Gasteiger partial charge in [0, 0.05) is 16.9 Å². The molecule has 3 rings (SSSR count). The predicted molar refractivity (Wildman–Crippen MR) is 82.6 cm³/mol. The first-order chi connectivity index (χ1) is 10.2. The molecular formula is C16H15N3O2. The third kappa shape index (κ3) is 2.97. The molecule has 1 heterocycles. The van der Waals surface area contributed by atoms with Crippen molar-refractivity contribution in [1.82, 2.24) is 4.98 Å². The van der Waals surface area contributed by atoms with Gasteiger partial charge in [0.15, 0.2) is 0 Å². The molecule has 3 aromatic rings. The van der Waals surface area contributed by atoms with Crippen molar-refractivity contribution >= 4 is 17.4 Å². The Morgan fingerprint density at radius 2 is 1.95 bits per heavy atom. The van der Waals surface area contributed by atoms with Crippen molar-refractivity contribution in [1.29, 1.82) is 0 Å². The van der Waals surface area contributed by atoms with E-state index in [1.54, 1.807) is 13.4 Å². The summed E-state index contributed by atoms with van der Waals surface area (Å²) in [6.45, 7) is 0. The lowest BCUT2D eigenvalue weighted by Crippen LogP contribution is -1.92. The second kappa shape index (κ2) is 5.58. The zero-order chi connectivity index (χ0) is 14.7. The van der Waals surface area contributed by atoms with Crippen LogP contribution >= 0.6 is 0 Å². The van der Waals surface area contributed by atoms with E-state index in [1.165, 1.54) is 0 Å². The summed E-state index contributed by atoms with van der Waals surface area (Å²) in [7, 11) is 1.64. The molecule has 0 amide bonds. The number of nitrogens with one attached hydrogen (secondary N) is 1. The summed E-state index contributed by atoms with van der Waals surface area (Å²) in [6, 6.07) is 15.5. The van der Waals surface area contributed by atoms with E-state index in [4.69, 9.17) is 14.9 Å². The maximum atomic E-state index is 5.73. The van der Waals surface area contributed by atoms with Gasteiger partial charge in [-0.25, -0.2) is 0 Å². The van der Waals surface area contributed by atoms with Crippen LogP contribution in [-0.2, 0) is 0 Å². The van der Waals surface area contributed by atoms with E-state index >= 15 is 0 Å². The van der Waals surface area contributed by atoms with E-state index in [0.29, 0.717) is 11.7 Å². The molecule has 0 aliphatic carbocycles. The molecule has 2 aromatic carbocycles. The lowest BCUT2D eigenvalue weighted by atomic mass is 10.2. The van der Waals surface area contributed by atoms with Crippen LogP contribution in [0.5, 0.6) is 5.75 Å². The van der Waals surface area contributed by atoms with Crippen LogP contribution in [0.15, 0.2) is 59.2 Å². The van der Waals surface area contributed by atoms with E-state index in [-0.39, 0.29) is 0 Å². The number of rotatable bonds is 4. The molecule has 106 valence electrons. The molecule has 0 fully saturated rings. The molecule has 0 unspecified atom stereocenters. The fourth-order valence-electron chi connectivity index (χ4n) is 1.97. The van der Waals surface area contributed by atoms with Crippen LogP contribution in [0.1, 0.15) is 0 Å². The van der Waals surface area contributed by atoms with Crippen LogP contribution in [0.3, 0.4) is 0 Å². The molecule has 1 aromatic heterocycles. The number of hydrogen-bond acceptors (Lipinski definition) is 5.